The third kappa shape index (κ3) is 2.39. The molecule has 2 rings (SSSR count). The van der Waals surface area contributed by atoms with Gasteiger partial charge in [0.05, 0.1) is 11.5 Å². The summed E-state index contributed by atoms with van der Waals surface area (Å²) in [5, 5.41) is 0. The number of hydrogen-bond donors (Lipinski definition) is 1. The van der Waals surface area contributed by atoms with Crippen LogP contribution in [0.25, 0.3) is 0 Å². The van der Waals surface area contributed by atoms with Gasteiger partial charge in [0, 0.05) is 13.6 Å². The van der Waals surface area contributed by atoms with Gasteiger partial charge in [-0.05, 0) is 37.3 Å². The van der Waals surface area contributed by atoms with Crippen LogP contribution in [0.5, 0.6) is 0 Å². The third-order valence-electron chi connectivity index (χ3n) is 4.64. The fourth-order valence-corrected chi connectivity index (χ4v) is 2.89. The van der Waals surface area contributed by atoms with Crippen LogP contribution in [0.15, 0.2) is 24.3 Å². The fraction of sp³-hybridized carbons (Fsp3) is 0.562. The number of nitrogens with zero attached hydrogens (tertiary/aromatic N) is 1. The normalized spacial score (nSPS) is 20.7. The maximum Gasteiger partial charge on any atom is 0.230 e. The van der Waals surface area contributed by atoms with Crippen LogP contribution >= 0.6 is 0 Å². The largest absolute Gasteiger partial charge is 0.338 e. The fourth-order valence-electron chi connectivity index (χ4n) is 2.89. The first-order chi connectivity index (χ1) is 9.03. The van der Waals surface area contributed by atoms with Gasteiger partial charge in [-0.3, -0.25) is 4.79 Å². The molecule has 1 aromatic carbocycles. The summed E-state index contributed by atoms with van der Waals surface area (Å²) < 4.78 is 0. The Hall–Kier alpha value is -1.35. The molecule has 1 aromatic rings. The quantitative estimate of drug-likeness (QED) is 0.904. The summed E-state index contributed by atoms with van der Waals surface area (Å²) in [5.74, 6) is 0.166. The minimum atomic E-state index is -0.438. The summed E-state index contributed by atoms with van der Waals surface area (Å²) in [5.41, 5.74) is 8.04. The van der Waals surface area contributed by atoms with Gasteiger partial charge in [-0.2, -0.15) is 0 Å². The highest BCUT2D eigenvalue weighted by Gasteiger charge is 2.37. The predicted octanol–water partition coefficient (Wildman–Crippen LogP) is 2.51. The van der Waals surface area contributed by atoms with E-state index in [1.165, 1.54) is 11.1 Å². The van der Waals surface area contributed by atoms with Gasteiger partial charge in [0.2, 0.25) is 5.91 Å². The minimum Gasteiger partial charge on any atom is -0.338 e. The summed E-state index contributed by atoms with van der Waals surface area (Å²) in [6.07, 6.45) is 2.86. The Labute approximate surface area is 115 Å². The molecule has 2 atom stereocenters. The number of carbonyl (C=O) groups is 1. The third-order valence-corrected chi connectivity index (χ3v) is 4.64. The molecular weight excluding hydrogens is 236 g/mol. The first kappa shape index (κ1) is 14.1. The van der Waals surface area contributed by atoms with Crippen LogP contribution in [0.4, 0.5) is 0 Å². The Morgan fingerprint density at radius 3 is 2.79 bits per heavy atom. The van der Waals surface area contributed by atoms with E-state index >= 15 is 0 Å². The lowest BCUT2D eigenvalue weighted by Gasteiger charge is -2.34. The standard InChI is InChI=1S/C16H24N2O/c1-4-16(2,11-17)15(19)18(3)14-10-9-12-7-5-6-8-13(12)14/h5-8,14H,4,9-11,17H2,1-3H3. The maximum atomic E-state index is 12.7. The van der Waals surface area contributed by atoms with Gasteiger partial charge >= 0.3 is 0 Å². The molecule has 0 radical (unpaired) electrons. The van der Waals surface area contributed by atoms with E-state index < -0.39 is 5.41 Å². The van der Waals surface area contributed by atoms with E-state index in [0.717, 1.165) is 19.3 Å². The molecule has 1 aliphatic rings. The molecule has 19 heavy (non-hydrogen) atoms. The van der Waals surface area contributed by atoms with Crippen LogP contribution < -0.4 is 5.73 Å². The molecule has 1 aliphatic carbocycles. The van der Waals surface area contributed by atoms with Crippen LogP contribution in [0, 0.1) is 5.41 Å². The number of fused-ring (bicyclic) bond motifs is 1. The number of hydrogen-bond acceptors (Lipinski definition) is 2. The maximum absolute atomic E-state index is 12.7. The second kappa shape index (κ2) is 5.33. The molecular formula is C16H24N2O. The summed E-state index contributed by atoms with van der Waals surface area (Å²) >= 11 is 0. The van der Waals surface area contributed by atoms with Crippen molar-refractivity contribution in [1.82, 2.24) is 4.90 Å². The minimum absolute atomic E-state index is 0.166. The highest BCUT2D eigenvalue weighted by Crippen LogP contribution is 2.37. The van der Waals surface area contributed by atoms with Gasteiger partial charge in [-0.1, -0.05) is 31.2 Å². The molecule has 0 spiro atoms. The molecule has 3 heteroatoms. The Morgan fingerprint density at radius 2 is 2.16 bits per heavy atom. The van der Waals surface area contributed by atoms with Crippen molar-refractivity contribution in [2.75, 3.05) is 13.6 Å². The van der Waals surface area contributed by atoms with Gasteiger partial charge in [0.25, 0.3) is 0 Å². The summed E-state index contributed by atoms with van der Waals surface area (Å²) in [6, 6.07) is 8.63. The number of aryl methyl sites for hydroxylation is 1. The van der Waals surface area contributed by atoms with Crippen molar-refractivity contribution in [3.05, 3.63) is 35.4 Å². The van der Waals surface area contributed by atoms with Gasteiger partial charge < -0.3 is 10.6 Å². The number of benzene rings is 1. The topological polar surface area (TPSA) is 46.3 Å². The molecule has 2 unspecified atom stereocenters. The van der Waals surface area contributed by atoms with E-state index in [-0.39, 0.29) is 11.9 Å². The predicted molar refractivity (Wildman–Crippen MR) is 77.7 cm³/mol. The smallest absolute Gasteiger partial charge is 0.230 e. The van der Waals surface area contributed by atoms with Crippen molar-refractivity contribution < 1.29 is 4.79 Å². The molecule has 0 saturated carbocycles. The zero-order valence-electron chi connectivity index (χ0n) is 12.1. The molecule has 1 amide bonds. The van der Waals surface area contributed by atoms with Gasteiger partial charge in [0.15, 0.2) is 0 Å². The molecule has 104 valence electrons. The van der Waals surface area contributed by atoms with Gasteiger partial charge in [-0.15, -0.1) is 0 Å². The Bertz CT molecular complexity index is 466. The van der Waals surface area contributed by atoms with Crippen LogP contribution in [-0.2, 0) is 11.2 Å². The molecule has 0 bridgehead atoms. The first-order valence-electron chi connectivity index (χ1n) is 7.08. The first-order valence-corrected chi connectivity index (χ1v) is 7.08. The van der Waals surface area contributed by atoms with Crippen molar-refractivity contribution in [3.63, 3.8) is 0 Å². The number of nitrogens with two attached hydrogens (primary N) is 1. The number of amides is 1. The van der Waals surface area contributed by atoms with E-state index in [4.69, 9.17) is 5.73 Å². The van der Waals surface area contributed by atoms with Crippen molar-refractivity contribution >= 4 is 5.91 Å². The van der Waals surface area contributed by atoms with Crippen LogP contribution in [-0.4, -0.2) is 24.4 Å². The number of rotatable bonds is 4. The van der Waals surface area contributed by atoms with Crippen molar-refractivity contribution in [1.29, 1.82) is 0 Å². The average molecular weight is 260 g/mol. The van der Waals surface area contributed by atoms with E-state index in [0.29, 0.717) is 6.54 Å². The van der Waals surface area contributed by atoms with E-state index in [9.17, 15) is 4.79 Å². The highest BCUT2D eigenvalue weighted by atomic mass is 16.2. The summed E-state index contributed by atoms with van der Waals surface area (Å²) in [6.45, 7) is 4.40. The van der Waals surface area contributed by atoms with Gasteiger partial charge in [0.1, 0.15) is 0 Å². The van der Waals surface area contributed by atoms with Crippen LogP contribution in [0.1, 0.15) is 43.9 Å². The second-order valence-corrected chi connectivity index (χ2v) is 5.79. The molecule has 3 nitrogen and oxygen atoms in total. The molecule has 0 heterocycles. The molecule has 0 saturated heterocycles. The zero-order chi connectivity index (χ0) is 14.0. The zero-order valence-corrected chi connectivity index (χ0v) is 12.1. The van der Waals surface area contributed by atoms with Crippen LogP contribution in [0.3, 0.4) is 0 Å². The second-order valence-electron chi connectivity index (χ2n) is 5.79. The molecule has 2 N–H and O–H groups in total. The van der Waals surface area contributed by atoms with Crippen molar-refractivity contribution in [3.8, 4) is 0 Å². The van der Waals surface area contributed by atoms with E-state index in [2.05, 4.69) is 24.3 Å². The average Bonchev–Trinajstić information content (AvgIpc) is 2.88. The van der Waals surface area contributed by atoms with Gasteiger partial charge in [-0.25, -0.2) is 0 Å². The lowest BCUT2D eigenvalue weighted by molar-refractivity contribution is -0.141. The van der Waals surface area contributed by atoms with E-state index in [1.54, 1.807) is 0 Å². The summed E-state index contributed by atoms with van der Waals surface area (Å²) in [4.78, 5) is 14.6. The summed E-state index contributed by atoms with van der Waals surface area (Å²) in [7, 11) is 1.92. The molecule has 0 aliphatic heterocycles. The Morgan fingerprint density at radius 1 is 1.47 bits per heavy atom. The van der Waals surface area contributed by atoms with Crippen molar-refractivity contribution in [2.45, 2.75) is 39.2 Å². The SMILES string of the molecule is CCC(C)(CN)C(=O)N(C)C1CCc2ccccc21. The monoisotopic (exact) mass is 260 g/mol. The lowest BCUT2D eigenvalue weighted by atomic mass is 9.85. The van der Waals surface area contributed by atoms with E-state index in [1.807, 2.05) is 25.8 Å². The Balaban J connectivity index is 2.22. The molecule has 0 aromatic heterocycles. The van der Waals surface area contributed by atoms with Crippen molar-refractivity contribution in [2.24, 2.45) is 11.1 Å². The number of carbonyl (C=O) groups excluding carboxylic acids is 1. The van der Waals surface area contributed by atoms with Crippen LogP contribution in [0.2, 0.25) is 0 Å². The Kier molecular flexibility index (Phi) is 3.95. The molecule has 0 fully saturated rings. The lowest BCUT2D eigenvalue weighted by Crippen LogP contribution is -2.45. The highest BCUT2D eigenvalue weighted by molar-refractivity contribution is 5.83.